The summed E-state index contributed by atoms with van der Waals surface area (Å²) in [5.41, 5.74) is 7.71. The van der Waals surface area contributed by atoms with Crippen LogP contribution in [0.25, 0.3) is 0 Å². The minimum absolute atomic E-state index is 0.236. The largest absolute Gasteiger partial charge is 0.486 e. The predicted octanol–water partition coefficient (Wildman–Crippen LogP) is 1.81. The lowest BCUT2D eigenvalue weighted by atomic mass is 9.98. The number of hydrogen-bond donors (Lipinski definition) is 1. The van der Waals surface area contributed by atoms with Crippen LogP contribution in [-0.2, 0) is 6.42 Å². The smallest absolute Gasteiger partial charge is 0.252 e. The van der Waals surface area contributed by atoms with Crippen LogP contribution < -0.4 is 10.5 Å². The summed E-state index contributed by atoms with van der Waals surface area (Å²) in [5.74, 6) is 0.241. The second-order valence-electron chi connectivity index (χ2n) is 4.70. The molecule has 0 unspecified atom stereocenters. The fourth-order valence-corrected chi connectivity index (χ4v) is 2.05. The zero-order chi connectivity index (χ0) is 11.2. The molecular weight excluding hydrogens is 190 g/mol. The zero-order valence-electron chi connectivity index (χ0n) is 9.26. The van der Waals surface area contributed by atoms with Crippen LogP contribution in [0.15, 0.2) is 12.1 Å². The van der Waals surface area contributed by atoms with E-state index in [-0.39, 0.29) is 5.60 Å². The second kappa shape index (κ2) is 2.99. The van der Waals surface area contributed by atoms with Gasteiger partial charge in [-0.25, -0.2) is 0 Å². The lowest BCUT2D eigenvalue weighted by Gasteiger charge is -2.17. The molecule has 1 aliphatic heterocycles. The molecule has 3 heteroatoms. The maximum Gasteiger partial charge on any atom is 0.252 e. The summed E-state index contributed by atoms with van der Waals surface area (Å²) in [6, 6.07) is 3.83. The highest BCUT2D eigenvalue weighted by Crippen LogP contribution is 2.38. The Balaban J connectivity index is 2.58. The Labute approximate surface area is 89.2 Å². The molecule has 0 fully saturated rings. The van der Waals surface area contributed by atoms with E-state index in [0.29, 0.717) is 11.3 Å². The average Bonchev–Trinajstić information content (AvgIpc) is 2.36. The molecule has 0 saturated heterocycles. The molecule has 15 heavy (non-hydrogen) atoms. The van der Waals surface area contributed by atoms with Crippen LogP contribution in [0.2, 0.25) is 0 Å². The third-order valence-corrected chi connectivity index (χ3v) is 2.57. The molecule has 80 valence electrons. The van der Waals surface area contributed by atoms with E-state index in [2.05, 4.69) is 6.07 Å². The van der Waals surface area contributed by atoms with Gasteiger partial charge < -0.3 is 10.5 Å². The van der Waals surface area contributed by atoms with Crippen LogP contribution in [0.4, 0.5) is 0 Å². The third kappa shape index (κ3) is 1.69. The van der Waals surface area contributed by atoms with Crippen molar-refractivity contribution in [3.63, 3.8) is 0 Å². The summed E-state index contributed by atoms with van der Waals surface area (Å²) in [5, 5.41) is 0. The predicted molar refractivity (Wildman–Crippen MR) is 58.1 cm³/mol. The zero-order valence-corrected chi connectivity index (χ0v) is 9.26. The first-order chi connectivity index (χ1) is 6.89. The van der Waals surface area contributed by atoms with E-state index in [1.165, 1.54) is 0 Å². The standard InChI is InChI=1S/C12H15NO2/c1-7-4-8-6-12(2,3)15-10(8)9(5-7)11(13)14/h4-5H,6H2,1-3H3,(H2,13,14). The topological polar surface area (TPSA) is 52.3 Å². The molecule has 0 aliphatic carbocycles. The Morgan fingerprint density at radius 1 is 1.47 bits per heavy atom. The molecule has 2 rings (SSSR count). The Morgan fingerprint density at radius 3 is 2.73 bits per heavy atom. The van der Waals surface area contributed by atoms with Gasteiger partial charge in [-0.2, -0.15) is 0 Å². The molecule has 2 N–H and O–H groups in total. The van der Waals surface area contributed by atoms with E-state index in [1.807, 2.05) is 20.8 Å². The van der Waals surface area contributed by atoms with E-state index in [9.17, 15) is 4.79 Å². The van der Waals surface area contributed by atoms with Gasteiger partial charge in [0, 0.05) is 6.42 Å². The number of hydrogen-bond acceptors (Lipinski definition) is 2. The molecule has 1 aromatic rings. The Kier molecular flexibility index (Phi) is 2.00. The van der Waals surface area contributed by atoms with Crippen molar-refractivity contribution < 1.29 is 9.53 Å². The monoisotopic (exact) mass is 205 g/mol. The fraction of sp³-hybridized carbons (Fsp3) is 0.417. The van der Waals surface area contributed by atoms with Crippen molar-refractivity contribution in [2.45, 2.75) is 32.8 Å². The Morgan fingerprint density at radius 2 is 2.13 bits per heavy atom. The molecular formula is C12H15NO2. The highest BCUT2D eigenvalue weighted by molar-refractivity contribution is 5.96. The first-order valence-corrected chi connectivity index (χ1v) is 5.01. The van der Waals surface area contributed by atoms with Gasteiger partial charge in [0.2, 0.25) is 0 Å². The van der Waals surface area contributed by atoms with Crippen molar-refractivity contribution >= 4 is 5.91 Å². The van der Waals surface area contributed by atoms with Crippen LogP contribution in [0.5, 0.6) is 5.75 Å². The molecule has 1 aliphatic rings. The summed E-state index contributed by atoms with van der Waals surface area (Å²) in [4.78, 5) is 11.3. The maximum atomic E-state index is 11.3. The van der Waals surface area contributed by atoms with Gasteiger partial charge in [-0.1, -0.05) is 6.07 Å². The van der Waals surface area contributed by atoms with Crippen molar-refractivity contribution in [2.75, 3.05) is 0 Å². The molecule has 1 heterocycles. The van der Waals surface area contributed by atoms with E-state index in [4.69, 9.17) is 10.5 Å². The summed E-state index contributed by atoms with van der Waals surface area (Å²) >= 11 is 0. The quantitative estimate of drug-likeness (QED) is 0.760. The number of fused-ring (bicyclic) bond motifs is 1. The summed E-state index contributed by atoms with van der Waals surface area (Å²) in [6.07, 6.45) is 0.824. The van der Waals surface area contributed by atoms with Crippen LogP contribution in [0.3, 0.4) is 0 Å². The van der Waals surface area contributed by atoms with Crippen molar-refractivity contribution in [2.24, 2.45) is 5.73 Å². The van der Waals surface area contributed by atoms with E-state index in [0.717, 1.165) is 17.5 Å². The SMILES string of the molecule is Cc1cc2c(c(C(N)=O)c1)OC(C)(C)C2. The minimum atomic E-state index is -0.423. The summed E-state index contributed by atoms with van der Waals surface area (Å²) in [6.45, 7) is 5.97. The van der Waals surface area contributed by atoms with Gasteiger partial charge in [-0.15, -0.1) is 0 Å². The molecule has 0 aromatic heterocycles. The average molecular weight is 205 g/mol. The van der Waals surface area contributed by atoms with Gasteiger partial charge in [-0.05, 0) is 38.0 Å². The van der Waals surface area contributed by atoms with Crippen molar-refractivity contribution in [3.05, 3.63) is 28.8 Å². The lowest BCUT2D eigenvalue weighted by molar-refractivity contribution is 0.0985. The van der Waals surface area contributed by atoms with Crippen LogP contribution in [0, 0.1) is 6.92 Å². The van der Waals surface area contributed by atoms with Gasteiger partial charge >= 0.3 is 0 Å². The van der Waals surface area contributed by atoms with Crippen molar-refractivity contribution in [1.29, 1.82) is 0 Å². The highest BCUT2D eigenvalue weighted by Gasteiger charge is 2.32. The van der Waals surface area contributed by atoms with E-state index in [1.54, 1.807) is 6.07 Å². The van der Waals surface area contributed by atoms with Gasteiger partial charge in [0.05, 0.1) is 5.56 Å². The number of benzene rings is 1. The summed E-state index contributed by atoms with van der Waals surface area (Å²) < 4.78 is 5.74. The molecule has 0 radical (unpaired) electrons. The van der Waals surface area contributed by atoms with Gasteiger partial charge in [0.15, 0.2) is 0 Å². The van der Waals surface area contributed by atoms with Crippen molar-refractivity contribution in [1.82, 2.24) is 0 Å². The molecule has 3 nitrogen and oxygen atoms in total. The summed E-state index contributed by atoms with van der Waals surface area (Å²) in [7, 11) is 0. The number of amides is 1. The number of aryl methyl sites for hydroxylation is 1. The Bertz CT molecular complexity index is 435. The number of nitrogens with two attached hydrogens (primary N) is 1. The molecule has 0 atom stereocenters. The molecule has 0 bridgehead atoms. The maximum absolute atomic E-state index is 11.3. The molecule has 1 aromatic carbocycles. The molecule has 1 amide bonds. The van der Waals surface area contributed by atoms with E-state index < -0.39 is 5.91 Å². The van der Waals surface area contributed by atoms with Gasteiger partial charge in [-0.3, -0.25) is 4.79 Å². The number of primary amides is 1. The van der Waals surface area contributed by atoms with Crippen molar-refractivity contribution in [3.8, 4) is 5.75 Å². The minimum Gasteiger partial charge on any atom is -0.486 e. The van der Waals surface area contributed by atoms with Crippen LogP contribution >= 0.6 is 0 Å². The molecule has 0 spiro atoms. The molecule has 0 saturated carbocycles. The lowest BCUT2D eigenvalue weighted by Crippen LogP contribution is -2.25. The van der Waals surface area contributed by atoms with Crippen LogP contribution in [-0.4, -0.2) is 11.5 Å². The van der Waals surface area contributed by atoms with E-state index >= 15 is 0 Å². The third-order valence-electron chi connectivity index (χ3n) is 2.57. The van der Waals surface area contributed by atoms with Crippen LogP contribution in [0.1, 0.15) is 35.3 Å². The normalized spacial score (nSPS) is 17.0. The number of carbonyl (C=O) groups is 1. The number of carbonyl (C=O) groups excluding carboxylic acids is 1. The van der Waals surface area contributed by atoms with Gasteiger partial charge in [0.25, 0.3) is 5.91 Å². The first-order valence-electron chi connectivity index (χ1n) is 5.01. The first kappa shape index (κ1) is 10.0. The number of ether oxygens (including phenoxy) is 1. The number of rotatable bonds is 1. The Hall–Kier alpha value is -1.51. The van der Waals surface area contributed by atoms with Gasteiger partial charge in [0.1, 0.15) is 11.4 Å². The second-order valence-corrected chi connectivity index (χ2v) is 4.70. The highest BCUT2D eigenvalue weighted by atomic mass is 16.5. The fourth-order valence-electron chi connectivity index (χ4n) is 2.05.